The van der Waals surface area contributed by atoms with E-state index in [0.29, 0.717) is 131 Å². The molecule has 0 bridgehead atoms. The van der Waals surface area contributed by atoms with Crippen molar-refractivity contribution in [3.05, 3.63) is 89.5 Å². The molecule has 59 heavy (non-hydrogen) atoms. The van der Waals surface area contributed by atoms with E-state index in [4.69, 9.17) is 47.4 Å². The molecule has 0 unspecified atom stereocenters. The molecular weight excluding hydrogens is 760 g/mol. The van der Waals surface area contributed by atoms with Gasteiger partial charge in [0.15, 0.2) is 0 Å². The second-order valence-electron chi connectivity index (χ2n) is 13.5. The Morgan fingerprint density at radius 3 is 1.41 bits per heavy atom. The van der Waals surface area contributed by atoms with Crippen LogP contribution in [0.5, 0.6) is 0 Å². The molecule has 1 aliphatic rings. The van der Waals surface area contributed by atoms with E-state index >= 15 is 0 Å². The summed E-state index contributed by atoms with van der Waals surface area (Å²) in [6.45, 7) is 11.3. The summed E-state index contributed by atoms with van der Waals surface area (Å²) in [5, 5.41) is 6.12. The van der Waals surface area contributed by atoms with Gasteiger partial charge >= 0.3 is 12.1 Å². The second kappa shape index (κ2) is 30.9. The summed E-state index contributed by atoms with van der Waals surface area (Å²) in [7, 11) is 0. The maximum Gasteiger partial charge on any atom is 0.407 e. The lowest BCUT2D eigenvalue weighted by Crippen LogP contribution is -2.27. The third-order valence-corrected chi connectivity index (χ3v) is 9.12. The van der Waals surface area contributed by atoms with Crippen LogP contribution in [0.4, 0.5) is 10.5 Å². The number of hydrogen-bond acceptors (Lipinski definition) is 13. The highest BCUT2D eigenvalue weighted by atomic mass is 16.6. The number of anilines is 1. The molecule has 3 aromatic rings. The lowest BCUT2D eigenvalue weighted by molar-refractivity contribution is -0.0243. The fourth-order valence-corrected chi connectivity index (χ4v) is 6.07. The minimum absolute atomic E-state index is 0.0453. The molecule has 0 aliphatic heterocycles. The molecule has 1 aliphatic carbocycles. The Kier molecular flexibility index (Phi) is 24.9. The average molecular weight is 825 g/mol. The average Bonchev–Trinajstić information content (AvgIpc) is 3.58. The first-order chi connectivity index (χ1) is 29.2. The first-order valence-electron chi connectivity index (χ1n) is 20.9. The Morgan fingerprint density at radius 1 is 0.492 bits per heavy atom. The quantitative estimate of drug-likeness (QED) is 0.0519. The number of nitrogens with one attached hydrogen (secondary N) is 2. The number of carbonyl (C=O) groups excluding carboxylic acids is 2. The molecule has 0 saturated heterocycles. The fourth-order valence-electron chi connectivity index (χ4n) is 6.07. The van der Waals surface area contributed by atoms with E-state index in [1.807, 2.05) is 36.4 Å². The highest BCUT2D eigenvalue weighted by Gasteiger charge is 2.29. The van der Waals surface area contributed by atoms with Crippen molar-refractivity contribution >= 4 is 17.7 Å². The van der Waals surface area contributed by atoms with Gasteiger partial charge in [-0.05, 0) is 59.4 Å². The van der Waals surface area contributed by atoms with Crippen molar-refractivity contribution in [2.75, 3.05) is 137 Å². The van der Waals surface area contributed by atoms with Crippen molar-refractivity contribution in [1.29, 1.82) is 0 Å². The molecule has 0 heterocycles. The SMILES string of the molecule is CCCCNc1ccc(C(=O)OCCOCCOCCOCCOCCOCCOCCOCCOCCCNC(=O)OCC2c3ccccc3-c3ccccc32)cc1. The highest BCUT2D eigenvalue weighted by Crippen LogP contribution is 2.44. The number of benzene rings is 3. The Balaban J connectivity index is 0.799. The smallest absolute Gasteiger partial charge is 0.407 e. The van der Waals surface area contributed by atoms with E-state index in [1.54, 1.807) is 12.1 Å². The number of ether oxygens (including phenoxy) is 10. The maximum atomic E-state index is 12.3. The van der Waals surface area contributed by atoms with Crippen LogP contribution in [-0.2, 0) is 47.4 Å². The predicted molar refractivity (Wildman–Crippen MR) is 224 cm³/mol. The number of carbonyl (C=O) groups is 2. The fraction of sp³-hybridized carbons (Fsp3) is 0.556. The van der Waals surface area contributed by atoms with Crippen LogP contribution in [0.25, 0.3) is 11.1 Å². The Labute approximate surface area is 349 Å². The molecule has 14 nitrogen and oxygen atoms in total. The summed E-state index contributed by atoms with van der Waals surface area (Å²) in [6.07, 6.45) is 2.50. The molecule has 1 amide bonds. The van der Waals surface area contributed by atoms with Gasteiger partial charge < -0.3 is 58.0 Å². The molecule has 0 fully saturated rings. The molecule has 0 spiro atoms. The van der Waals surface area contributed by atoms with Gasteiger partial charge in [0.1, 0.15) is 13.2 Å². The van der Waals surface area contributed by atoms with Gasteiger partial charge in [-0.2, -0.15) is 0 Å². The van der Waals surface area contributed by atoms with Crippen LogP contribution in [0.1, 0.15) is 53.6 Å². The van der Waals surface area contributed by atoms with Gasteiger partial charge in [0.05, 0.1) is 105 Å². The molecule has 0 radical (unpaired) electrons. The predicted octanol–water partition coefficient (Wildman–Crippen LogP) is 6.12. The summed E-state index contributed by atoms with van der Waals surface area (Å²) in [5.74, 6) is -0.320. The van der Waals surface area contributed by atoms with Crippen LogP contribution < -0.4 is 10.6 Å². The molecule has 4 rings (SSSR count). The number of rotatable bonds is 35. The largest absolute Gasteiger partial charge is 0.460 e. The molecule has 3 aromatic carbocycles. The Morgan fingerprint density at radius 2 is 0.932 bits per heavy atom. The van der Waals surface area contributed by atoms with E-state index in [1.165, 1.54) is 22.3 Å². The lowest BCUT2D eigenvalue weighted by Gasteiger charge is -2.14. The summed E-state index contributed by atoms with van der Waals surface area (Å²) in [6, 6.07) is 23.8. The standard InChI is InChI=1S/C45H64N2O12/c1-2-3-17-46-38-15-13-37(14-16-38)44(48)58-35-34-57-33-32-56-31-30-55-29-28-54-27-26-53-25-24-52-23-22-51-21-20-50-19-8-18-47-45(49)59-36-43-41-11-6-4-9-39(41)40-10-5-7-12-42(40)43/h4-7,9-16,43,46H,2-3,8,17-36H2,1H3,(H,47,49). The Hall–Kier alpha value is -4.12. The topological polar surface area (TPSA) is 151 Å². The summed E-state index contributed by atoms with van der Waals surface area (Å²) in [5.41, 5.74) is 6.30. The first kappa shape index (κ1) is 47.6. The van der Waals surface area contributed by atoms with Crippen molar-refractivity contribution in [2.24, 2.45) is 0 Å². The van der Waals surface area contributed by atoms with Crippen molar-refractivity contribution in [3.63, 3.8) is 0 Å². The summed E-state index contributed by atoms with van der Waals surface area (Å²) in [4.78, 5) is 24.4. The Bertz CT molecular complexity index is 1510. The number of hydrogen-bond donors (Lipinski definition) is 2. The molecule has 326 valence electrons. The van der Waals surface area contributed by atoms with Gasteiger partial charge in [-0.3, -0.25) is 0 Å². The van der Waals surface area contributed by atoms with E-state index in [-0.39, 0.29) is 18.5 Å². The van der Waals surface area contributed by atoms with Crippen molar-refractivity contribution in [2.45, 2.75) is 32.1 Å². The summed E-state index contributed by atoms with van der Waals surface area (Å²) < 4.78 is 54.9. The van der Waals surface area contributed by atoms with Crippen molar-refractivity contribution < 1.29 is 57.0 Å². The van der Waals surface area contributed by atoms with Gasteiger partial charge in [-0.15, -0.1) is 0 Å². The van der Waals surface area contributed by atoms with Crippen LogP contribution in [0.15, 0.2) is 72.8 Å². The van der Waals surface area contributed by atoms with Crippen molar-refractivity contribution in [1.82, 2.24) is 5.32 Å². The van der Waals surface area contributed by atoms with Crippen LogP contribution in [-0.4, -0.2) is 144 Å². The second-order valence-corrected chi connectivity index (χ2v) is 13.5. The zero-order chi connectivity index (χ0) is 41.4. The lowest BCUT2D eigenvalue weighted by atomic mass is 9.98. The monoisotopic (exact) mass is 824 g/mol. The number of fused-ring (bicyclic) bond motifs is 3. The third kappa shape index (κ3) is 19.7. The maximum absolute atomic E-state index is 12.3. The molecule has 14 heteroatoms. The van der Waals surface area contributed by atoms with Crippen LogP contribution in [0, 0.1) is 0 Å². The minimum atomic E-state index is -0.419. The zero-order valence-electron chi connectivity index (χ0n) is 34.7. The minimum Gasteiger partial charge on any atom is -0.460 e. The molecule has 0 atom stereocenters. The first-order valence-corrected chi connectivity index (χ1v) is 20.9. The molecular formula is C45H64N2O12. The van der Waals surface area contributed by atoms with Gasteiger partial charge in [-0.1, -0.05) is 61.9 Å². The third-order valence-electron chi connectivity index (χ3n) is 9.12. The van der Waals surface area contributed by atoms with Crippen LogP contribution in [0.2, 0.25) is 0 Å². The van der Waals surface area contributed by atoms with E-state index in [0.717, 1.165) is 25.1 Å². The number of esters is 1. The van der Waals surface area contributed by atoms with E-state index < -0.39 is 6.09 Å². The number of alkyl carbamates (subject to hydrolysis) is 1. The van der Waals surface area contributed by atoms with Crippen molar-refractivity contribution in [3.8, 4) is 11.1 Å². The van der Waals surface area contributed by atoms with Crippen LogP contribution in [0.3, 0.4) is 0 Å². The zero-order valence-corrected chi connectivity index (χ0v) is 34.7. The van der Waals surface area contributed by atoms with Crippen LogP contribution >= 0.6 is 0 Å². The van der Waals surface area contributed by atoms with Gasteiger partial charge in [0, 0.05) is 31.3 Å². The number of unbranched alkanes of at least 4 members (excludes halogenated alkanes) is 1. The van der Waals surface area contributed by atoms with E-state index in [9.17, 15) is 9.59 Å². The highest BCUT2D eigenvalue weighted by molar-refractivity contribution is 5.89. The molecule has 0 aromatic heterocycles. The van der Waals surface area contributed by atoms with E-state index in [2.05, 4.69) is 41.8 Å². The molecule has 2 N–H and O–H groups in total. The van der Waals surface area contributed by atoms with Gasteiger partial charge in [0.2, 0.25) is 0 Å². The van der Waals surface area contributed by atoms with Gasteiger partial charge in [-0.25, -0.2) is 9.59 Å². The van der Waals surface area contributed by atoms with Gasteiger partial charge in [0.25, 0.3) is 0 Å². The normalized spacial score (nSPS) is 11.9. The molecule has 0 saturated carbocycles. The number of amides is 1. The summed E-state index contributed by atoms with van der Waals surface area (Å²) >= 11 is 0.